The highest BCUT2D eigenvalue weighted by molar-refractivity contribution is 8.04. The summed E-state index contributed by atoms with van der Waals surface area (Å²) in [6.07, 6.45) is 9.22. The van der Waals surface area contributed by atoms with Crippen molar-refractivity contribution in [3.63, 3.8) is 0 Å². The van der Waals surface area contributed by atoms with Gasteiger partial charge in [-0.3, -0.25) is 14.0 Å². The molecule has 0 spiro atoms. The molecule has 1 N–H and O–H groups in total. The van der Waals surface area contributed by atoms with Gasteiger partial charge in [-0.05, 0) is 61.9 Å². The normalized spacial score (nSPS) is 16.4. The summed E-state index contributed by atoms with van der Waals surface area (Å²) in [5.74, 6) is 0.947. The number of piperidine rings is 1. The van der Waals surface area contributed by atoms with Gasteiger partial charge in [0, 0.05) is 19.6 Å². The van der Waals surface area contributed by atoms with E-state index in [1.807, 2.05) is 29.2 Å². The average molecular weight is 437 g/mol. The Labute approximate surface area is 184 Å². The van der Waals surface area contributed by atoms with E-state index >= 15 is 0 Å². The minimum absolute atomic E-state index is 0.0222. The van der Waals surface area contributed by atoms with Crippen molar-refractivity contribution in [2.75, 3.05) is 19.6 Å². The highest BCUT2D eigenvalue weighted by atomic mass is 32.2. The van der Waals surface area contributed by atoms with Crippen molar-refractivity contribution < 1.29 is 14.0 Å². The number of thioether (sulfide) groups is 1. The minimum Gasteiger partial charge on any atom is -0.459 e. The molecule has 0 unspecified atom stereocenters. The topological polar surface area (TPSA) is 79.8 Å². The number of carbonyl (C=O) groups excluding carboxylic acids is 2. The first-order valence-electron chi connectivity index (χ1n) is 10.7. The molecule has 3 aromatic heterocycles. The fourth-order valence-corrected chi connectivity index (χ4v) is 5.27. The van der Waals surface area contributed by atoms with Gasteiger partial charge in [0.05, 0.1) is 28.1 Å². The summed E-state index contributed by atoms with van der Waals surface area (Å²) < 4.78 is 7.28. The number of rotatable bonds is 6. The van der Waals surface area contributed by atoms with Gasteiger partial charge in [-0.1, -0.05) is 17.8 Å². The Kier molecular flexibility index (Phi) is 5.55. The average Bonchev–Trinajstić information content (AvgIpc) is 3.48. The zero-order valence-electron chi connectivity index (χ0n) is 17.1. The van der Waals surface area contributed by atoms with Gasteiger partial charge >= 0.3 is 0 Å². The molecule has 160 valence electrons. The standard InChI is InChI=1S/C23H24N4O3S/c28-22(19-14-17-15-25-20-6-1-7-21(31-19)27(17)20)24-10-2-4-16-8-11-26(12-9-16)23(29)18-5-3-13-30-18/h1,3,5-7,13-16H,2,4,8-12H2,(H,24,28). The Morgan fingerprint density at radius 2 is 2.06 bits per heavy atom. The van der Waals surface area contributed by atoms with E-state index in [4.69, 9.17) is 4.42 Å². The van der Waals surface area contributed by atoms with Crippen molar-refractivity contribution in [1.82, 2.24) is 19.6 Å². The van der Waals surface area contributed by atoms with E-state index < -0.39 is 0 Å². The van der Waals surface area contributed by atoms with Crippen molar-refractivity contribution in [2.24, 2.45) is 5.92 Å². The van der Waals surface area contributed by atoms with E-state index in [0.29, 0.717) is 23.1 Å². The first-order chi connectivity index (χ1) is 15.2. The van der Waals surface area contributed by atoms with Gasteiger partial charge in [0.1, 0.15) is 5.65 Å². The lowest BCUT2D eigenvalue weighted by Gasteiger charge is -2.31. The fraction of sp³-hybridized carbons (Fsp3) is 0.348. The van der Waals surface area contributed by atoms with E-state index in [9.17, 15) is 9.59 Å². The molecular formula is C23H24N4O3S. The maximum absolute atomic E-state index is 12.6. The van der Waals surface area contributed by atoms with Crippen LogP contribution in [0, 0.1) is 5.92 Å². The molecule has 8 heteroatoms. The third-order valence-corrected chi connectivity index (χ3v) is 7.00. The molecule has 0 saturated carbocycles. The first-order valence-corrected chi connectivity index (χ1v) is 11.5. The monoisotopic (exact) mass is 436 g/mol. The largest absolute Gasteiger partial charge is 0.459 e. The number of likely N-dealkylation sites (tertiary alicyclic amines) is 1. The highest BCUT2D eigenvalue weighted by Gasteiger charge is 2.25. The number of aromatic nitrogens is 2. The Hall–Kier alpha value is -3.00. The molecule has 1 fully saturated rings. The zero-order chi connectivity index (χ0) is 21.2. The molecule has 31 heavy (non-hydrogen) atoms. The predicted molar refractivity (Wildman–Crippen MR) is 119 cm³/mol. The van der Waals surface area contributed by atoms with Crippen molar-refractivity contribution in [2.45, 2.75) is 30.7 Å². The number of imidazole rings is 1. The van der Waals surface area contributed by atoms with E-state index in [1.54, 1.807) is 18.3 Å². The summed E-state index contributed by atoms with van der Waals surface area (Å²) in [5.41, 5.74) is 1.83. The number of furan rings is 1. The molecule has 0 aromatic carbocycles. The molecule has 2 aliphatic heterocycles. The predicted octanol–water partition coefficient (Wildman–Crippen LogP) is 3.82. The second-order valence-electron chi connectivity index (χ2n) is 7.96. The van der Waals surface area contributed by atoms with E-state index in [1.165, 1.54) is 18.0 Å². The third kappa shape index (κ3) is 4.12. The summed E-state index contributed by atoms with van der Waals surface area (Å²) in [4.78, 5) is 31.9. The second-order valence-corrected chi connectivity index (χ2v) is 9.02. The molecule has 0 aliphatic carbocycles. The van der Waals surface area contributed by atoms with Crippen LogP contribution in [0.3, 0.4) is 0 Å². The summed E-state index contributed by atoms with van der Waals surface area (Å²) in [7, 11) is 0. The molecule has 0 atom stereocenters. The quantitative estimate of drug-likeness (QED) is 0.594. The van der Waals surface area contributed by atoms with Crippen molar-refractivity contribution in [3.05, 3.63) is 59.2 Å². The second kappa shape index (κ2) is 8.63. The van der Waals surface area contributed by atoms with Crippen molar-refractivity contribution in [3.8, 4) is 0 Å². The van der Waals surface area contributed by atoms with Crippen LogP contribution >= 0.6 is 11.8 Å². The molecule has 0 bridgehead atoms. The Morgan fingerprint density at radius 3 is 2.87 bits per heavy atom. The van der Waals surface area contributed by atoms with Crippen LogP contribution in [0.1, 0.15) is 41.9 Å². The van der Waals surface area contributed by atoms with Gasteiger partial charge in [-0.2, -0.15) is 0 Å². The number of nitrogens with one attached hydrogen (secondary N) is 1. The molecule has 2 aliphatic rings. The molecule has 1 saturated heterocycles. The number of carbonyl (C=O) groups is 2. The van der Waals surface area contributed by atoms with Crippen molar-refractivity contribution >= 4 is 35.3 Å². The minimum atomic E-state index is -0.0340. The molecule has 3 aromatic rings. The smallest absolute Gasteiger partial charge is 0.289 e. The molecule has 2 amide bonds. The summed E-state index contributed by atoms with van der Waals surface area (Å²) in [6, 6.07) is 9.38. The van der Waals surface area contributed by atoms with Crippen LogP contribution in [0.15, 0.2) is 57.1 Å². The number of pyridine rings is 1. The zero-order valence-corrected chi connectivity index (χ0v) is 17.9. The fourth-order valence-electron chi connectivity index (χ4n) is 4.26. The summed E-state index contributed by atoms with van der Waals surface area (Å²) >= 11 is 1.48. The van der Waals surface area contributed by atoms with Gasteiger partial charge < -0.3 is 14.6 Å². The first kappa shape index (κ1) is 19.9. The van der Waals surface area contributed by atoms with E-state index in [2.05, 4.69) is 14.7 Å². The number of hydrogen-bond acceptors (Lipinski definition) is 5. The SMILES string of the molecule is O=C(NCCCC1CCN(C(=O)c2ccco2)CC1)C1=Cc2cnc3cccc(n23)S1. The van der Waals surface area contributed by atoms with Crippen LogP contribution in [0.25, 0.3) is 11.7 Å². The van der Waals surface area contributed by atoms with Crippen LogP contribution in [0.5, 0.6) is 0 Å². The van der Waals surface area contributed by atoms with Crippen LogP contribution in [0.4, 0.5) is 0 Å². The van der Waals surface area contributed by atoms with E-state index in [0.717, 1.165) is 55.1 Å². The van der Waals surface area contributed by atoms with Crippen LogP contribution in [-0.2, 0) is 4.79 Å². The van der Waals surface area contributed by atoms with Crippen LogP contribution < -0.4 is 5.32 Å². The molecular weight excluding hydrogens is 412 g/mol. The number of amides is 2. The summed E-state index contributed by atoms with van der Waals surface area (Å²) in [6.45, 7) is 2.18. The maximum atomic E-state index is 12.6. The third-order valence-electron chi connectivity index (χ3n) is 5.95. The molecule has 5 rings (SSSR count). The van der Waals surface area contributed by atoms with E-state index in [-0.39, 0.29) is 11.8 Å². The maximum Gasteiger partial charge on any atom is 0.289 e. The summed E-state index contributed by atoms with van der Waals surface area (Å²) in [5, 5.41) is 4.07. The van der Waals surface area contributed by atoms with Gasteiger partial charge in [-0.25, -0.2) is 4.98 Å². The van der Waals surface area contributed by atoms with Gasteiger partial charge in [0.2, 0.25) is 0 Å². The highest BCUT2D eigenvalue weighted by Crippen LogP contribution is 2.34. The Balaban J connectivity index is 1.06. The molecule has 7 nitrogen and oxygen atoms in total. The Morgan fingerprint density at radius 1 is 1.19 bits per heavy atom. The lowest BCUT2D eigenvalue weighted by molar-refractivity contribution is -0.116. The van der Waals surface area contributed by atoms with Gasteiger partial charge in [-0.15, -0.1) is 0 Å². The van der Waals surface area contributed by atoms with Gasteiger partial charge in [0.15, 0.2) is 5.76 Å². The number of nitrogens with zero attached hydrogens (tertiary/aromatic N) is 3. The van der Waals surface area contributed by atoms with Crippen LogP contribution in [-0.4, -0.2) is 45.7 Å². The number of hydrogen-bond donors (Lipinski definition) is 1. The Bertz CT molecular complexity index is 1130. The van der Waals surface area contributed by atoms with Gasteiger partial charge in [0.25, 0.3) is 11.8 Å². The lowest BCUT2D eigenvalue weighted by atomic mass is 9.92. The van der Waals surface area contributed by atoms with Crippen molar-refractivity contribution in [1.29, 1.82) is 0 Å². The lowest BCUT2D eigenvalue weighted by Crippen LogP contribution is -2.38. The van der Waals surface area contributed by atoms with Crippen LogP contribution in [0.2, 0.25) is 0 Å². The molecule has 5 heterocycles. The molecule has 0 radical (unpaired) electrons.